The molecule has 1 aromatic heterocycles. The predicted molar refractivity (Wildman–Crippen MR) is 83.1 cm³/mol. The lowest BCUT2D eigenvalue weighted by atomic mass is 10.2. The van der Waals surface area contributed by atoms with Crippen molar-refractivity contribution in [2.75, 3.05) is 5.75 Å². The highest BCUT2D eigenvalue weighted by Crippen LogP contribution is 2.20. The highest BCUT2D eigenvalue weighted by atomic mass is 79.9. The molecular weight excluding hydrogens is 358 g/mol. The van der Waals surface area contributed by atoms with Crippen molar-refractivity contribution in [1.29, 1.82) is 0 Å². The maximum Gasteiger partial charge on any atom is 0.336 e. The zero-order valence-electron chi connectivity index (χ0n) is 10.9. The molecule has 1 aromatic carbocycles. The molecule has 0 saturated carbocycles. The SMILES string of the molecule is O=C(O)c1ccc(Br)cc1S(=O)CCn1ccccc1=O. The number of pyridine rings is 1. The average Bonchev–Trinajstić information content (AvgIpc) is 2.45. The fourth-order valence-corrected chi connectivity index (χ4v) is 3.55. The van der Waals surface area contributed by atoms with E-state index in [0.29, 0.717) is 4.47 Å². The Morgan fingerprint density at radius 1 is 1.29 bits per heavy atom. The molecule has 0 aliphatic carbocycles. The average molecular weight is 370 g/mol. The molecule has 0 spiro atoms. The van der Waals surface area contributed by atoms with Gasteiger partial charge in [-0.25, -0.2) is 4.79 Å². The van der Waals surface area contributed by atoms with Gasteiger partial charge >= 0.3 is 5.97 Å². The van der Waals surface area contributed by atoms with Gasteiger partial charge in [0.05, 0.1) is 21.3 Å². The largest absolute Gasteiger partial charge is 0.478 e. The van der Waals surface area contributed by atoms with Crippen LogP contribution in [-0.2, 0) is 17.3 Å². The van der Waals surface area contributed by atoms with Gasteiger partial charge in [-0.15, -0.1) is 0 Å². The van der Waals surface area contributed by atoms with Crippen LogP contribution in [0.3, 0.4) is 0 Å². The van der Waals surface area contributed by atoms with E-state index in [9.17, 15) is 13.8 Å². The van der Waals surface area contributed by atoms with Gasteiger partial charge in [-0.05, 0) is 24.3 Å². The molecule has 2 rings (SSSR count). The summed E-state index contributed by atoms with van der Waals surface area (Å²) in [6, 6.07) is 9.30. The highest BCUT2D eigenvalue weighted by Gasteiger charge is 2.15. The zero-order valence-corrected chi connectivity index (χ0v) is 13.3. The van der Waals surface area contributed by atoms with E-state index in [0.717, 1.165) is 0 Å². The molecule has 7 heteroatoms. The highest BCUT2D eigenvalue weighted by molar-refractivity contribution is 9.10. The van der Waals surface area contributed by atoms with Crippen LogP contribution in [0.5, 0.6) is 0 Å². The molecule has 1 heterocycles. The van der Waals surface area contributed by atoms with E-state index >= 15 is 0 Å². The maximum absolute atomic E-state index is 12.3. The number of halogens is 1. The Bertz CT molecular complexity index is 757. The number of hydrogen-bond acceptors (Lipinski definition) is 3. The summed E-state index contributed by atoms with van der Waals surface area (Å²) in [6.07, 6.45) is 1.61. The first-order valence-electron chi connectivity index (χ1n) is 6.06. The summed E-state index contributed by atoms with van der Waals surface area (Å²) in [5.74, 6) is -0.955. The normalized spacial score (nSPS) is 12.0. The van der Waals surface area contributed by atoms with Gasteiger partial charge in [-0.3, -0.25) is 9.00 Å². The van der Waals surface area contributed by atoms with Crippen molar-refractivity contribution < 1.29 is 14.1 Å². The number of carboxylic acids is 1. The fraction of sp³-hybridized carbons (Fsp3) is 0.143. The maximum atomic E-state index is 12.3. The number of aryl methyl sites for hydroxylation is 1. The second-order valence-electron chi connectivity index (χ2n) is 4.23. The molecule has 0 aliphatic heterocycles. The van der Waals surface area contributed by atoms with E-state index in [4.69, 9.17) is 5.11 Å². The fourth-order valence-electron chi connectivity index (χ4n) is 1.80. The van der Waals surface area contributed by atoms with Crippen LogP contribution in [0, 0.1) is 0 Å². The first-order chi connectivity index (χ1) is 9.99. The van der Waals surface area contributed by atoms with E-state index in [1.54, 1.807) is 24.4 Å². The lowest BCUT2D eigenvalue weighted by Gasteiger charge is -2.08. The van der Waals surface area contributed by atoms with Gasteiger partial charge in [-0.1, -0.05) is 22.0 Å². The topological polar surface area (TPSA) is 76.4 Å². The van der Waals surface area contributed by atoms with Gasteiger partial charge in [0.15, 0.2) is 0 Å². The van der Waals surface area contributed by atoms with E-state index in [2.05, 4.69) is 15.9 Å². The van der Waals surface area contributed by atoms with Crippen molar-refractivity contribution in [3.63, 3.8) is 0 Å². The quantitative estimate of drug-likeness (QED) is 0.875. The van der Waals surface area contributed by atoms with E-state index < -0.39 is 16.8 Å². The van der Waals surface area contributed by atoms with Crippen LogP contribution in [0.25, 0.3) is 0 Å². The molecule has 1 unspecified atom stereocenters. The van der Waals surface area contributed by atoms with E-state index in [1.807, 2.05) is 0 Å². The Morgan fingerprint density at radius 2 is 2.05 bits per heavy atom. The summed E-state index contributed by atoms with van der Waals surface area (Å²) in [4.78, 5) is 23.0. The minimum Gasteiger partial charge on any atom is -0.478 e. The van der Waals surface area contributed by atoms with Crippen LogP contribution in [0.2, 0.25) is 0 Å². The molecule has 0 aliphatic rings. The Morgan fingerprint density at radius 3 is 2.71 bits per heavy atom. The number of aromatic carboxylic acids is 1. The second-order valence-corrected chi connectivity index (χ2v) is 6.68. The summed E-state index contributed by atoms with van der Waals surface area (Å²) in [6.45, 7) is 0.262. The van der Waals surface area contributed by atoms with Gasteiger partial charge in [0.2, 0.25) is 0 Å². The molecule has 21 heavy (non-hydrogen) atoms. The van der Waals surface area contributed by atoms with Crippen molar-refractivity contribution in [2.45, 2.75) is 11.4 Å². The molecule has 0 fully saturated rings. The molecule has 0 amide bonds. The Hall–Kier alpha value is -1.73. The summed E-state index contributed by atoms with van der Waals surface area (Å²) in [7, 11) is -1.51. The standard InChI is InChI=1S/C14H12BrNO4S/c15-10-4-5-11(14(18)19)12(9-10)21(20)8-7-16-6-2-1-3-13(16)17/h1-6,9H,7-8H2,(H,18,19). The Labute approximate surface area is 131 Å². The first kappa shape index (κ1) is 15.7. The number of benzene rings is 1. The lowest BCUT2D eigenvalue weighted by Crippen LogP contribution is -2.21. The minimum atomic E-state index is -1.51. The number of hydrogen-bond donors (Lipinski definition) is 1. The summed E-state index contributed by atoms with van der Waals surface area (Å²) in [5.41, 5.74) is -0.167. The molecule has 0 bridgehead atoms. The van der Waals surface area contributed by atoms with Crippen LogP contribution in [0.4, 0.5) is 0 Å². The molecule has 2 aromatic rings. The Kier molecular flexibility index (Phi) is 5.08. The number of rotatable bonds is 5. The first-order valence-corrected chi connectivity index (χ1v) is 8.17. The molecule has 0 radical (unpaired) electrons. The van der Waals surface area contributed by atoms with Crippen molar-refractivity contribution in [2.24, 2.45) is 0 Å². The van der Waals surface area contributed by atoms with Crippen LogP contribution in [0.15, 0.2) is 56.8 Å². The molecule has 1 atom stereocenters. The molecule has 110 valence electrons. The van der Waals surface area contributed by atoms with Crippen LogP contribution in [-0.4, -0.2) is 25.6 Å². The number of nitrogens with zero attached hydrogens (tertiary/aromatic N) is 1. The molecule has 5 nitrogen and oxygen atoms in total. The smallest absolute Gasteiger partial charge is 0.336 e. The van der Waals surface area contributed by atoms with Crippen LogP contribution >= 0.6 is 15.9 Å². The summed E-state index contributed by atoms with van der Waals surface area (Å²) < 4.78 is 14.4. The van der Waals surface area contributed by atoms with Gasteiger partial charge in [0.25, 0.3) is 5.56 Å². The van der Waals surface area contributed by atoms with E-state index in [-0.39, 0.29) is 28.3 Å². The monoisotopic (exact) mass is 369 g/mol. The van der Waals surface area contributed by atoms with Crippen LogP contribution < -0.4 is 5.56 Å². The number of carboxylic acid groups (broad SMARTS) is 1. The number of aromatic nitrogens is 1. The summed E-state index contributed by atoms with van der Waals surface area (Å²) >= 11 is 3.24. The van der Waals surface area contributed by atoms with E-state index in [1.165, 1.54) is 22.8 Å². The van der Waals surface area contributed by atoms with Crippen molar-refractivity contribution >= 4 is 32.7 Å². The van der Waals surface area contributed by atoms with Crippen LogP contribution in [0.1, 0.15) is 10.4 Å². The van der Waals surface area contributed by atoms with Gasteiger partial charge < -0.3 is 9.67 Å². The van der Waals surface area contributed by atoms with Crippen molar-refractivity contribution in [3.8, 4) is 0 Å². The zero-order chi connectivity index (χ0) is 15.4. The third-order valence-corrected chi connectivity index (χ3v) is 4.71. The Balaban J connectivity index is 2.21. The molecule has 0 saturated heterocycles. The van der Waals surface area contributed by atoms with Crippen molar-refractivity contribution in [1.82, 2.24) is 4.57 Å². The third-order valence-electron chi connectivity index (χ3n) is 2.84. The minimum absolute atomic E-state index is 0.0111. The third kappa shape index (κ3) is 3.89. The predicted octanol–water partition coefficient (Wildman–Crippen LogP) is 2.12. The van der Waals surface area contributed by atoms with Gasteiger partial charge in [-0.2, -0.15) is 0 Å². The van der Waals surface area contributed by atoms with Gasteiger partial charge in [0, 0.05) is 29.0 Å². The lowest BCUT2D eigenvalue weighted by molar-refractivity contribution is 0.0693. The molecule has 1 N–H and O–H groups in total. The number of carbonyl (C=O) groups is 1. The van der Waals surface area contributed by atoms with Gasteiger partial charge in [0.1, 0.15) is 0 Å². The molecular formula is C14H12BrNO4S. The second kappa shape index (κ2) is 6.82. The summed E-state index contributed by atoms with van der Waals surface area (Å²) in [5, 5.41) is 9.13. The van der Waals surface area contributed by atoms with Crippen molar-refractivity contribution in [3.05, 3.63) is 63.0 Å².